The summed E-state index contributed by atoms with van der Waals surface area (Å²) < 4.78 is 6.06. The zero-order valence-corrected chi connectivity index (χ0v) is 12.0. The molecule has 0 unspecified atom stereocenters. The highest BCUT2D eigenvalue weighted by Crippen LogP contribution is 2.16. The van der Waals surface area contributed by atoms with E-state index in [1.54, 1.807) is 12.1 Å². The van der Waals surface area contributed by atoms with Gasteiger partial charge in [-0.05, 0) is 18.2 Å². The Kier molecular flexibility index (Phi) is 3.03. The fourth-order valence-electron chi connectivity index (χ4n) is 1.73. The fourth-order valence-corrected chi connectivity index (χ4v) is 2.53. The molecule has 0 saturated heterocycles. The molecular formula is C11H8BrN5OS. The Balaban J connectivity index is 2.13. The second-order valence-electron chi connectivity index (χ2n) is 3.92. The molecule has 0 atom stereocenters. The molecule has 96 valence electrons. The molecule has 0 aliphatic heterocycles. The topological polar surface area (TPSA) is 86.7 Å². The zero-order chi connectivity index (χ0) is 13.4. The maximum Gasteiger partial charge on any atom is 0.261 e. The predicted molar refractivity (Wildman–Crippen MR) is 77.1 cm³/mol. The summed E-state index contributed by atoms with van der Waals surface area (Å²) in [5.41, 5.74) is 6.85. The highest BCUT2D eigenvalue weighted by Gasteiger charge is 2.09. The largest absolute Gasteiger partial charge is 0.388 e. The first-order chi connectivity index (χ1) is 9.15. The van der Waals surface area contributed by atoms with E-state index >= 15 is 0 Å². The van der Waals surface area contributed by atoms with Gasteiger partial charge in [0.05, 0.1) is 23.8 Å². The van der Waals surface area contributed by atoms with E-state index in [4.69, 9.17) is 5.73 Å². The number of benzene rings is 1. The molecule has 6 nitrogen and oxygen atoms in total. The van der Waals surface area contributed by atoms with Crippen LogP contribution in [0.5, 0.6) is 0 Å². The number of nitrogens with zero attached hydrogens (tertiary/aromatic N) is 4. The highest BCUT2D eigenvalue weighted by molar-refractivity contribution is 9.10. The molecule has 3 aromatic rings. The summed E-state index contributed by atoms with van der Waals surface area (Å²) in [6.45, 7) is 0.274. The fraction of sp³-hybridized carbons (Fsp3) is 0.0909. The van der Waals surface area contributed by atoms with E-state index in [0.717, 1.165) is 16.0 Å². The van der Waals surface area contributed by atoms with Gasteiger partial charge in [-0.2, -0.15) is 0 Å². The van der Waals surface area contributed by atoms with Gasteiger partial charge >= 0.3 is 0 Å². The van der Waals surface area contributed by atoms with Crippen LogP contribution in [0.15, 0.2) is 33.8 Å². The summed E-state index contributed by atoms with van der Waals surface area (Å²) >= 11 is 4.46. The monoisotopic (exact) mass is 337 g/mol. The Bertz CT molecular complexity index is 812. The van der Waals surface area contributed by atoms with Crippen molar-refractivity contribution in [3.63, 3.8) is 0 Å². The van der Waals surface area contributed by atoms with Crippen LogP contribution in [0.4, 0.5) is 5.00 Å². The van der Waals surface area contributed by atoms with Crippen LogP contribution >= 0.6 is 27.5 Å². The van der Waals surface area contributed by atoms with Crippen LogP contribution in [0.1, 0.15) is 5.69 Å². The van der Waals surface area contributed by atoms with Gasteiger partial charge in [-0.25, -0.2) is 4.98 Å². The third-order valence-electron chi connectivity index (χ3n) is 2.69. The van der Waals surface area contributed by atoms with Crippen molar-refractivity contribution >= 4 is 43.4 Å². The Morgan fingerprint density at radius 2 is 2.26 bits per heavy atom. The van der Waals surface area contributed by atoms with Crippen LogP contribution < -0.4 is 11.3 Å². The Morgan fingerprint density at radius 3 is 3.00 bits per heavy atom. The van der Waals surface area contributed by atoms with Crippen molar-refractivity contribution in [1.82, 2.24) is 19.1 Å². The molecule has 0 aliphatic rings. The number of nitrogens with two attached hydrogens (primary N) is 1. The summed E-state index contributed by atoms with van der Waals surface area (Å²) in [6, 6.07) is 5.40. The molecule has 0 saturated carbocycles. The summed E-state index contributed by atoms with van der Waals surface area (Å²) in [5, 5.41) is 4.97. The number of hydrogen-bond acceptors (Lipinski definition) is 6. The minimum atomic E-state index is -0.126. The van der Waals surface area contributed by atoms with Gasteiger partial charge in [0.15, 0.2) is 0 Å². The average molecular weight is 338 g/mol. The predicted octanol–water partition coefficient (Wildman–Crippen LogP) is 1.64. The van der Waals surface area contributed by atoms with Gasteiger partial charge in [0, 0.05) is 16.0 Å². The molecule has 8 heteroatoms. The number of anilines is 1. The quantitative estimate of drug-likeness (QED) is 0.768. The molecule has 0 radical (unpaired) electrons. The lowest BCUT2D eigenvalue weighted by molar-refractivity contribution is 0.727. The first kappa shape index (κ1) is 12.2. The number of aromatic nitrogens is 4. The van der Waals surface area contributed by atoms with Gasteiger partial charge in [-0.1, -0.05) is 20.4 Å². The lowest BCUT2D eigenvalue weighted by Gasteiger charge is -2.05. The molecule has 2 heterocycles. The van der Waals surface area contributed by atoms with E-state index in [1.807, 2.05) is 6.07 Å². The second kappa shape index (κ2) is 4.71. The van der Waals surface area contributed by atoms with Gasteiger partial charge in [0.1, 0.15) is 10.7 Å². The van der Waals surface area contributed by atoms with E-state index < -0.39 is 0 Å². The first-order valence-electron chi connectivity index (χ1n) is 5.36. The number of fused-ring (bicyclic) bond motifs is 1. The molecule has 1 aromatic carbocycles. The first-order valence-corrected chi connectivity index (χ1v) is 6.93. The van der Waals surface area contributed by atoms with Crippen molar-refractivity contribution < 1.29 is 0 Å². The standard InChI is InChI=1S/C11H8BrN5OS/c12-6-1-2-8-7(3-6)11(18)17(5-14-8)4-9-10(13)19-16-15-9/h1-3,5H,4,13H2. The number of rotatable bonds is 2. The summed E-state index contributed by atoms with van der Waals surface area (Å²) in [4.78, 5) is 16.6. The smallest absolute Gasteiger partial charge is 0.261 e. The molecule has 2 aromatic heterocycles. The zero-order valence-electron chi connectivity index (χ0n) is 9.58. The van der Waals surface area contributed by atoms with Gasteiger partial charge in [0.2, 0.25) is 0 Å². The third-order valence-corrected chi connectivity index (χ3v) is 3.78. The molecule has 19 heavy (non-hydrogen) atoms. The van der Waals surface area contributed by atoms with E-state index in [-0.39, 0.29) is 12.1 Å². The van der Waals surface area contributed by atoms with E-state index in [0.29, 0.717) is 21.6 Å². The van der Waals surface area contributed by atoms with Crippen molar-refractivity contribution in [3.8, 4) is 0 Å². The van der Waals surface area contributed by atoms with E-state index in [2.05, 4.69) is 30.5 Å². The van der Waals surface area contributed by atoms with Crippen LogP contribution in [0, 0.1) is 0 Å². The van der Waals surface area contributed by atoms with E-state index in [1.165, 1.54) is 10.9 Å². The normalized spacial score (nSPS) is 11.0. The number of halogens is 1. The summed E-state index contributed by atoms with van der Waals surface area (Å²) in [7, 11) is 0. The number of nitrogen functional groups attached to an aromatic ring is 1. The molecule has 0 aliphatic carbocycles. The Labute approximate surface area is 120 Å². The lowest BCUT2D eigenvalue weighted by atomic mass is 10.2. The molecule has 3 rings (SSSR count). The van der Waals surface area contributed by atoms with E-state index in [9.17, 15) is 4.79 Å². The lowest BCUT2D eigenvalue weighted by Crippen LogP contribution is -2.21. The molecule has 0 bridgehead atoms. The Morgan fingerprint density at radius 1 is 1.42 bits per heavy atom. The molecule has 0 amide bonds. The highest BCUT2D eigenvalue weighted by atomic mass is 79.9. The minimum absolute atomic E-state index is 0.126. The van der Waals surface area contributed by atoms with Gasteiger partial charge in [-0.3, -0.25) is 9.36 Å². The van der Waals surface area contributed by atoms with Crippen molar-refractivity contribution in [2.75, 3.05) is 5.73 Å². The van der Waals surface area contributed by atoms with Crippen molar-refractivity contribution in [1.29, 1.82) is 0 Å². The van der Waals surface area contributed by atoms with Gasteiger partial charge in [-0.15, -0.1) is 5.10 Å². The van der Waals surface area contributed by atoms with Crippen LogP contribution in [-0.4, -0.2) is 19.1 Å². The molecule has 0 fully saturated rings. The third kappa shape index (κ3) is 2.24. The van der Waals surface area contributed by atoms with Crippen molar-refractivity contribution in [2.24, 2.45) is 0 Å². The number of hydrogen-bond donors (Lipinski definition) is 1. The SMILES string of the molecule is Nc1snnc1Cn1cnc2ccc(Br)cc2c1=O. The van der Waals surface area contributed by atoms with Crippen molar-refractivity contribution in [2.45, 2.75) is 6.54 Å². The van der Waals surface area contributed by atoms with Crippen LogP contribution in [0.2, 0.25) is 0 Å². The second-order valence-corrected chi connectivity index (χ2v) is 5.62. The Hall–Kier alpha value is -1.80. The van der Waals surface area contributed by atoms with Gasteiger partial charge < -0.3 is 5.73 Å². The summed E-state index contributed by atoms with van der Waals surface area (Å²) in [5.74, 6) is 0. The van der Waals surface area contributed by atoms with Crippen molar-refractivity contribution in [3.05, 3.63) is 45.0 Å². The molecular weight excluding hydrogens is 330 g/mol. The maximum atomic E-state index is 12.3. The molecule has 2 N–H and O–H groups in total. The van der Waals surface area contributed by atoms with Crippen LogP contribution in [0.25, 0.3) is 10.9 Å². The van der Waals surface area contributed by atoms with Crippen LogP contribution in [0.3, 0.4) is 0 Å². The molecule has 0 spiro atoms. The summed E-state index contributed by atoms with van der Waals surface area (Å²) in [6.07, 6.45) is 1.50. The maximum absolute atomic E-state index is 12.3. The van der Waals surface area contributed by atoms with Crippen LogP contribution in [-0.2, 0) is 6.54 Å². The average Bonchev–Trinajstić information content (AvgIpc) is 2.79. The van der Waals surface area contributed by atoms with Gasteiger partial charge in [0.25, 0.3) is 5.56 Å². The minimum Gasteiger partial charge on any atom is -0.388 e.